The van der Waals surface area contributed by atoms with Gasteiger partial charge in [0.2, 0.25) is 0 Å². The predicted octanol–water partition coefficient (Wildman–Crippen LogP) is 2.86. The molecule has 0 aliphatic heterocycles. The number of rotatable bonds is 7. The van der Waals surface area contributed by atoms with Gasteiger partial charge in [-0.15, -0.1) is 0 Å². The van der Waals surface area contributed by atoms with Crippen LogP contribution in [0.25, 0.3) is 0 Å². The van der Waals surface area contributed by atoms with Crippen LogP contribution in [0.1, 0.15) is 30.0 Å². The summed E-state index contributed by atoms with van der Waals surface area (Å²) < 4.78 is 27.4. The highest BCUT2D eigenvalue weighted by Crippen LogP contribution is 2.51. The van der Waals surface area contributed by atoms with Crippen LogP contribution in [0.5, 0.6) is 0 Å². The van der Waals surface area contributed by atoms with Gasteiger partial charge < -0.3 is 13.5 Å². The van der Waals surface area contributed by atoms with Crippen LogP contribution in [0.3, 0.4) is 0 Å². The van der Waals surface area contributed by atoms with Crippen molar-refractivity contribution in [2.75, 3.05) is 13.2 Å². The molecule has 0 saturated carbocycles. The Bertz CT molecular complexity index is 374. The van der Waals surface area contributed by atoms with Crippen molar-refractivity contribution < 1.29 is 22.8 Å². The predicted molar refractivity (Wildman–Crippen MR) is 58.7 cm³/mol. The summed E-state index contributed by atoms with van der Waals surface area (Å²) in [6.45, 7) is 4.09. The SMILES string of the molecule is CCOP(=O)(Cc1cc(C=O)co1)OCC. The number of furan rings is 1. The maximum Gasteiger partial charge on any atom is 0.338 e. The number of carbonyl (C=O) groups excluding carboxylic acids is 1. The second-order valence-electron chi connectivity index (χ2n) is 3.07. The van der Waals surface area contributed by atoms with Gasteiger partial charge in [0.25, 0.3) is 0 Å². The highest BCUT2D eigenvalue weighted by molar-refractivity contribution is 7.53. The van der Waals surface area contributed by atoms with Gasteiger partial charge in [-0.3, -0.25) is 9.36 Å². The molecule has 0 spiro atoms. The van der Waals surface area contributed by atoms with E-state index in [-0.39, 0.29) is 6.16 Å². The standard InChI is InChI=1S/C10H15O5P/c1-3-14-16(12,15-4-2)8-10-5-9(6-11)7-13-10/h5-7H,3-4,8H2,1-2H3. The third kappa shape index (κ3) is 3.59. The molecule has 0 fully saturated rings. The molecule has 1 aromatic heterocycles. The van der Waals surface area contributed by atoms with Gasteiger partial charge >= 0.3 is 7.60 Å². The summed E-state index contributed by atoms with van der Waals surface area (Å²) in [5.41, 5.74) is 0.412. The minimum absolute atomic E-state index is 0.0442. The van der Waals surface area contributed by atoms with Gasteiger partial charge in [0.15, 0.2) is 6.29 Å². The Balaban J connectivity index is 2.74. The summed E-state index contributed by atoms with van der Waals surface area (Å²) in [6.07, 6.45) is 2.02. The van der Waals surface area contributed by atoms with Gasteiger partial charge in [-0.2, -0.15) is 0 Å². The molecule has 0 N–H and O–H groups in total. The normalized spacial score (nSPS) is 11.6. The van der Waals surface area contributed by atoms with Crippen molar-refractivity contribution in [2.24, 2.45) is 0 Å². The van der Waals surface area contributed by atoms with Crippen LogP contribution in [-0.2, 0) is 19.8 Å². The quantitative estimate of drug-likeness (QED) is 0.546. The zero-order chi connectivity index (χ0) is 12.0. The molecule has 0 saturated heterocycles. The molecule has 0 bridgehead atoms. The topological polar surface area (TPSA) is 65.7 Å². The first-order chi connectivity index (χ1) is 7.63. The molecular formula is C10H15O5P. The fourth-order valence-corrected chi connectivity index (χ4v) is 2.85. The van der Waals surface area contributed by atoms with Crippen LogP contribution in [0, 0.1) is 0 Å². The van der Waals surface area contributed by atoms with Crippen molar-refractivity contribution in [1.82, 2.24) is 0 Å². The molecule has 16 heavy (non-hydrogen) atoms. The fourth-order valence-electron chi connectivity index (χ4n) is 1.26. The summed E-state index contributed by atoms with van der Waals surface area (Å²) in [4.78, 5) is 10.4. The molecule has 90 valence electrons. The first-order valence-corrected chi connectivity index (χ1v) is 6.77. The Morgan fingerprint density at radius 2 is 2.00 bits per heavy atom. The highest BCUT2D eigenvalue weighted by Gasteiger charge is 2.25. The van der Waals surface area contributed by atoms with Crippen LogP contribution < -0.4 is 0 Å². The van der Waals surface area contributed by atoms with Crippen molar-refractivity contribution in [1.29, 1.82) is 0 Å². The largest absolute Gasteiger partial charge is 0.468 e. The highest BCUT2D eigenvalue weighted by atomic mass is 31.2. The Morgan fingerprint density at radius 3 is 2.44 bits per heavy atom. The molecule has 0 unspecified atom stereocenters. The summed E-state index contributed by atoms with van der Waals surface area (Å²) in [5.74, 6) is 0.423. The molecule has 0 radical (unpaired) electrons. The number of hydrogen-bond acceptors (Lipinski definition) is 5. The Kier molecular flexibility index (Phi) is 4.93. The van der Waals surface area contributed by atoms with E-state index < -0.39 is 7.60 Å². The fraction of sp³-hybridized carbons (Fsp3) is 0.500. The van der Waals surface area contributed by atoms with Crippen LogP contribution in [0.15, 0.2) is 16.7 Å². The Morgan fingerprint density at radius 1 is 1.38 bits per heavy atom. The summed E-state index contributed by atoms with van der Waals surface area (Å²) in [6, 6.07) is 1.53. The average Bonchev–Trinajstić information content (AvgIpc) is 2.65. The third-order valence-electron chi connectivity index (χ3n) is 1.81. The molecule has 1 rings (SSSR count). The monoisotopic (exact) mass is 246 g/mol. The minimum Gasteiger partial charge on any atom is -0.468 e. The van der Waals surface area contributed by atoms with E-state index >= 15 is 0 Å². The van der Waals surface area contributed by atoms with E-state index in [1.165, 1.54) is 12.3 Å². The van der Waals surface area contributed by atoms with Gasteiger partial charge in [-0.05, 0) is 19.9 Å². The minimum atomic E-state index is -3.15. The van der Waals surface area contributed by atoms with Crippen molar-refractivity contribution in [3.05, 3.63) is 23.7 Å². The van der Waals surface area contributed by atoms with E-state index in [0.29, 0.717) is 30.8 Å². The van der Waals surface area contributed by atoms with Crippen LogP contribution >= 0.6 is 7.60 Å². The molecule has 0 aromatic carbocycles. The molecule has 0 amide bonds. The van der Waals surface area contributed by atoms with E-state index in [4.69, 9.17) is 13.5 Å². The first-order valence-electron chi connectivity index (χ1n) is 5.04. The van der Waals surface area contributed by atoms with Crippen molar-refractivity contribution >= 4 is 13.9 Å². The lowest BCUT2D eigenvalue weighted by Gasteiger charge is -2.15. The van der Waals surface area contributed by atoms with E-state index in [2.05, 4.69) is 0 Å². The van der Waals surface area contributed by atoms with Gasteiger partial charge in [0, 0.05) is 0 Å². The van der Waals surface area contributed by atoms with Crippen LogP contribution in [-0.4, -0.2) is 19.5 Å². The maximum absolute atomic E-state index is 12.1. The van der Waals surface area contributed by atoms with E-state index in [9.17, 15) is 9.36 Å². The summed E-state index contributed by atoms with van der Waals surface area (Å²) in [7, 11) is -3.15. The zero-order valence-corrected chi connectivity index (χ0v) is 10.2. The lowest BCUT2D eigenvalue weighted by molar-refractivity contribution is 0.112. The van der Waals surface area contributed by atoms with Gasteiger partial charge in [-0.25, -0.2) is 0 Å². The Hall–Kier alpha value is -0.900. The zero-order valence-electron chi connectivity index (χ0n) is 9.34. The van der Waals surface area contributed by atoms with Crippen molar-refractivity contribution in [3.63, 3.8) is 0 Å². The van der Waals surface area contributed by atoms with E-state index in [0.717, 1.165) is 0 Å². The smallest absolute Gasteiger partial charge is 0.338 e. The molecule has 6 heteroatoms. The van der Waals surface area contributed by atoms with Gasteiger partial charge in [-0.1, -0.05) is 0 Å². The van der Waals surface area contributed by atoms with Gasteiger partial charge in [0.05, 0.1) is 18.8 Å². The van der Waals surface area contributed by atoms with Crippen LogP contribution in [0.2, 0.25) is 0 Å². The molecule has 1 aromatic rings. The second-order valence-corrected chi connectivity index (χ2v) is 5.12. The Labute approximate surface area is 94.3 Å². The van der Waals surface area contributed by atoms with E-state index in [1.54, 1.807) is 13.8 Å². The summed E-state index contributed by atoms with van der Waals surface area (Å²) >= 11 is 0. The molecule has 1 heterocycles. The lowest BCUT2D eigenvalue weighted by Crippen LogP contribution is -1.98. The lowest BCUT2D eigenvalue weighted by atomic mass is 10.3. The number of hydrogen-bond donors (Lipinski definition) is 0. The molecule has 0 aliphatic rings. The molecule has 0 aliphatic carbocycles. The average molecular weight is 246 g/mol. The van der Waals surface area contributed by atoms with Gasteiger partial charge in [0.1, 0.15) is 18.2 Å². The number of carbonyl (C=O) groups is 1. The summed E-state index contributed by atoms with van der Waals surface area (Å²) in [5, 5.41) is 0. The second kappa shape index (κ2) is 5.99. The third-order valence-corrected chi connectivity index (χ3v) is 3.81. The first kappa shape index (κ1) is 13.2. The molecule has 0 atom stereocenters. The van der Waals surface area contributed by atoms with Crippen molar-refractivity contribution in [2.45, 2.75) is 20.0 Å². The maximum atomic E-state index is 12.1. The molecular weight excluding hydrogens is 231 g/mol. The van der Waals surface area contributed by atoms with Crippen molar-refractivity contribution in [3.8, 4) is 0 Å². The number of aldehydes is 1. The van der Waals surface area contributed by atoms with E-state index in [1.807, 2.05) is 0 Å². The van der Waals surface area contributed by atoms with Crippen LogP contribution in [0.4, 0.5) is 0 Å². The molecule has 5 nitrogen and oxygen atoms in total.